The summed E-state index contributed by atoms with van der Waals surface area (Å²) in [6, 6.07) is 10.6. The summed E-state index contributed by atoms with van der Waals surface area (Å²) in [5, 5.41) is 6.93. The maximum Gasteiger partial charge on any atom is 0.247 e. The first-order valence-electron chi connectivity index (χ1n) is 11.5. The van der Waals surface area contributed by atoms with Gasteiger partial charge in [0.15, 0.2) is 17.3 Å². The van der Waals surface area contributed by atoms with E-state index in [0.29, 0.717) is 23.0 Å². The van der Waals surface area contributed by atoms with Gasteiger partial charge in [-0.3, -0.25) is 0 Å². The molecule has 2 aromatic carbocycles. The SMILES string of the molecule is Fc1cc(NSc2c(F)cccc2Cl)ccc1Oc1nccnc1-c1ccnc(NC2CCCNC2)n1. The van der Waals surface area contributed by atoms with Crippen LogP contribution in [-0.4, -0.2) is 39.1 Å². The normalized spacial score (nSPS) is 15.3. The monoisotopic (exact) mass is 541 g/mol. The summed E-state index contributed by atoms with van der Waals surface area (Å²) in [5.74, 6) is -0.604. The number of nitrogens with one attached hydrogen (secondary N) is 3. The fourth-order valence-electron chi connectivity index (χ4n) is 3.73. The Morgan fingerprint density at radius 3 is 2.73 bits per heavy atom. The van der Waals surface area contributed by atoms with Crippen molar-refractivity contribution >= 4 is 35.2 Å². The van der Waals surface area contributed by atoms with Gasteiger partial charge in [-0.15, -0.1) is 0 Å². The van der Waals surface area contributed by atoms with Crippen LogP contribution in [0.3, 0.4) is 0 Å². The minimum atomic E-state index is -0.642. The molecule has 0 radical (unpaired) electrons. The first kappa shape index (κ1) is 25.1. The summed E-state index contributed by atoms with van der Waals surface area (Å²) in [5.41, 5.74) is 1.24. The number of nitrogens with zero attached hydrogens (tertiary/aromatic N) is 4. The van der Waals surface area contributed by atoms with Crippen LogP contribution in [0, 0.1) is 11.6 Å². The highest BCUT2D eigenvalue weighted by molar-refractivity contribution is 8.00. The molecule has 0 spiro atoms. The number of hydrogen-bond donors (Lipinski definition) is 3. The molecular weight excluding hydrogens is 520 g/mol. The average Bonchev–Trinajstić information content (AvgIpc) is 2.91. The van der Waals surface area contributed by atoms with E-state index >= 15 is 0 Å². The Labute approximate surface area is 221 Å². The number of halogens is 3. The third kappa shape index (κ3) is 6.24. The van der Waals surface area contributed by atoms with E-state index in [1.807, 2.05) is 0 Å². The van der Waals surface area contributed by atoms with Crippen LogP contribution in [0.1, 0.15) is 12.8 Å². The quantitative estimate of drug-likeness (QED) is 0.234. The topological polar surface area (TPSA) is 96.9 Å². The van der Waals surface area contributed by atoms with Crippen molar-refractivity contribution in [2.75, 3.05) is 23.1 Å². The van der Waals surface area contributed by atoms with Crippen LogP contribution in [0.5, 0.6) is 11.6 Å². The van der Waals surface area contributed by atoms with Gasteiger partial charge in [0.2, 0.25) is 11.8 Å². The Kier molecular flexibility index (Phi) is 7.93. The van der Waals surface area contributed by atoms with Gasteiger partial charge in [0.05, 0.1) is 15.6 Å². The Morgan fingerprint density at radius 1 is 1.03 bits per heavy atom. The van der Waals surface area contributed by atoms with E-state index in [9.17, 15) is 8.78 Å². The molecule has 5 rings (SSSR count). The Balaban J connectivity index is 1.31. The lowest BCUT2D eigenvalue weighted by molar-refractivity contribution is 0.427. The van der Waals surface area contributed by atoms with Gasteiger partial charge in [-0.25, -0.2) is 28.7 Å². The summed E-state index contributed by atoms with van der Waals surface area (Å²) >= 11 is 6.99. The molecule has 1 unspecified atom stereocenters. The predicted octanol–water partition coefficient (Wildman–Crippen LogP) is 5.94. The molecule has 1 atom stereocenters. The van der Waals surface area contributed by atoms with Crippen molar-refractivity contribution in [3.8, 4) is 23.0 Å². The largest absolute Gasteiger partial charge is 0.434 e. The number of ether oxygens (including phenoxy) is 1. The molecule has 1 fully saturated rings. The van der Waals surface area contributed by atoms with E-state index in [-0.39, 0.29) is 27.6 Å². The Hall–Kier alpha value is -3.54. The zero-order valence-electron chi connectivity index (χ0n) is 19.4. The number of rotatable bonds is 8. The molecule has 3 N–H and O–H groups in total. The number of piperidine rings is 1. The van der Waals surface area contributed by atoms with Gasteiger partial charge in [-0.05, 0) is 61.7 Å². The molecule has 1 aliphatic rings. The van der Waals surface area contributed by atoms with Crippen molar-refractivity contribution in [2.24, 2.45) is 0 Å². The second-order valence-electron chi connectivity index (χ2n) is 8.17. The molecule has 37 heavy (non-hydrogen) atoms. The molecule has 0 bridgehead atoms. The van der Waals surface area contributed by atoms with Gasteiger partial charge in [0.25, 0.3) is 0 Å². The first-order valence-corrected chi connectivity index (χ1v) is 12.7. The molecule has 4 aromatic rings. The van der Waals surface area contributed by atoms with Crippen molar-refractivity contribution in [1.29, 1.82) is 0 Å². The summed E-state index contributed by atoms with van der Waals surface area (Å²) in [6.07, 6.45) is 6.69. The van der Waals surface area contributed by atoms with E-state index in [1.165, 1.54) is 36.7 Å². The fourth-order valence-corrected chi connectivity index (χ4v) is 4.69. The van der Waals surface area contributed by atoms with E-state index < -0.39 is 11.6 Å². The van der Waals surface area contributed by atoms with Gasteiger partial charge in [0.1, 0.15) is 5.82 Å². The maximum atomic E-state index is 14.9. The molecule has 1 aliphatic heterocycles. The molecule has 3 heterocycles. The van der Waals surface area contributed by atoms with Crippen molar-refractivity contribution < 1.29 is 13.5 Å². The lowest BCUT2D eigenvalue weighted by Crippen LogP contribution is -2.38. The predicted molar refractivity (Wildman–Crippen MR) is 140 cm³/mol. The second-order valence-corrected chi connectivity index (χ2v) is 9.39. The lowest BCUT2D eigenvalue weighted by Gasteiger charge is -2.23. The van der Waals surface area contributed by atoms with Crippen molar-refractivity contribution in [3.63, 3.8) is 0 Å². The van der Waals surface area contributed by atoms with E-state index in [2.05, 4.69) is 35.3 Å². The third-order valence-electron chi connectivity index (χ3n) is 5.52. The van der Waals surface area contributed by atoms with Gasteiger partial charge >= 0.3 is 0 Å². The van der Waals surface area contributed by atoms with Crippen LogP contribution in [0.4, 0.5) is 20.4 Å². The van der Waals surface area contributed by atoms with Crippen LogP contribution < -0.4 is 20.1 Å². The molecule has 0 aliphatic carbocycles. The van der Waals surface area contributed by atoms with Crippen molar-refractivity contribution in [1.82, 2.24) is 25.3 Å². The van der Waals surface area contributed by atoms with Crippen LogP contribution >= 0.6 is 23.5 Å². The molecule has 0 saturated carbocycles. The summed E-state index contributed by atoms with van der Waals surface area (Å²) in [7, 11) is 0. The summed E-state index contributed by atoms with van der Waals surface area (Å²) in [6.45, 7) is 1.84. The van der Waals surface area contributed by atoms with Crippen molar-refractivity contribution in [2.45, 2.75) is 23.8 Å². The highest BCUT2D eigenvalue weighted by Crippen LogP contribution is 2.34. The Morgan fingerprint density at radius 2 is 1.92 bits per heavy atom. The lowest BCUT2D eigenvalue weighted by atomic mass is 10.1. The first-order chi connectivity index (χ1) is 18.1. The van der Waals surface area contributed by atoms with E-state index in [0.717, 1.165) is 37.9 Å². The van der Waals surface area contributed by atoms with Crippen LogP contribution in [0.15, 0.2) is 66.0 Å². The zero-order valence-corrected chi connectivity index (χ0v) is 21.0. The summed E-state index contributed by atoms with van der Waals surface area (Å²) < 4.78 is 37.6. The minimum Gasteiger partial charge on any atom is -0.434 e. The van der Waals surface area contributed by atoms with Gasteiger partial charge in [-0.1, -0.05) is 17.7 Å². The molecule has 0 amide bonds. The smallest absolute Gasteiger partial charge is 0.247 e. The maximum absolute atomic E-state index is 14.9. The minimum absolute atomic E-state index is 0.0538. The summed E-state index contributed by atoms with van der Waals surface area (Å²) in [4.78, 5) is 17.7. The highest BCUT2D eigenvalue weighted by atomic mass is 35.5. The third-order valence-corrected chi connectivity index (χ3v) is 6.91. The molecule has 2 aromatic heterocycles. The van der Waals surface area contributed by atoms with Gasteiger partial charge in [-0.2, -0.15) is 0 Å². The zero-order chi connectivity index (χ0) is 25.6. The fraction of sp³-hybridized carbons (Fsp3) is 0.200. The molecular formula is C25H22ClF2N7OS. The second kappa shape index (κ2) is 11.7. The van der Waals surface area contributed by atoms with E-state index in [1.54, 1.807) is 24.4 Å². The number of benzene rings is 2. The molecule has 8 nitrogen and oxygen atoms in total. The standard InChI is InChI=1S/C25H22ClF2N7OS/c26-17-4-1-5-18(27)23(17)37-35-15-6-7-21(19(28)13-15)36-24-22(30-11-12-31-24)20-8-10-32-25(34-20)33-16-3-2-9-29-14-16/h1,4-8,10-13,16,29,35H,2-3,9,14H2,(H,32,33,34). The van der Waals surface area contributed by atoms with Crippen LogP contribution in [0.2, 0.25) is 5.02 Å². The van der Waals surface area contributed by atoms with Gasteiger partial charge < -0.3 is 20.1 Å². The van der Waals surface area contributed by atoms with Crippen LogP contribution in [0.25, 0.3) is 11.4 Å². The number of aromatic nitrogens is 4. The Bertz CT molecular complexity index is 1370. The number of hydrogen-bond acceptors (Lipinski definition) is 9. The molecule has 190 valence electrons. The number of anilines is 2. The molecule has 12 heteroatoms. The highest BCUT2D eigenvalue weighted by Gasteiger charge is 2.18. The molecule has 1 saturated heterocycles. The van der Waals surface area contributed by atoms with Gasteiger partial charge in [0, 0.05) is 42.9 Å². The average molecular weight is 542 g/mol. The van der Waals surface area contributed by atoms with Crippen LogP contribution in [-0.2, 0) is 0 Å². The van der Waals surface area contributed by atoms with Crippen molar-refractivity contribution in [3.05, 3.63) is 77.7 Å². The van der Waals surface area contributed by atoms with E-state index in [4.69, 9.17) is 16.3 Å².